The second-order valence-corrected chi connectivity index (χ2v) is 8.73. The molecule has 1 atom stereocenters. The third kappa shape index (κ3) is 4.81. The summed E-state index contributed by atoms with van der Waals surface area (Å²) in [4.78, 5) is 28.6. The average molecular weight is 450 g/mol. The molecule has 1 unspecified atom stereocenters. The Bertz CT molecular complexity index is 1180. The standard InChI is InChI=1S/C27H31NO5/c1-4-31-15-8-14-28-24(19-9-7-10-20(17-19)32-16-13-18(2)3)23-25(29)21-11-5-6-12-22(21)33-26(23)27(28)30/h5-7,9-12,17-18,24H,4,8,13-16H2,1-3H3. The molecule has 6 nitrogen and oxygen atoms in total. The Morgan fingerprint density at radius 3 is 2.67 bits per heavy atom. The monoisotopic (exact) mass is 449 g/mol. The lowest BCUT2D eigenvalue weighted by molar-refractivity contribution is 0.0695. The molecule has 0 radical (unpaired) electrons. The second kappa shape index (κ2) is 10.2. The maximum Gasteiger partial charge on any atom is 0.290 e. The van der Waals surface area contributed by atoms with Crippen LogP contribution in [0.15, 0.2) is 57.7 Å². The summed E-state index contributed by atoms with van der Waals surface area (Å²) in [5.41, 5.74) is 1.50. The molecule has 0 fully saturated rings. The summed E-state index contributed by atoms with van der Waals surface area (Å²) in [6, 6.07) is 14.2. The third-order valence-electron chi connectivity index (χ3n) is 5.90. The highest BCUT2D eigenvalue weighted by molar-refractivity contribution is 5.99. The first-order valence-corrected chi connectivity index (χ1v) is 11.7. The quantitative estimate of drug-likeness (QED) is 0.399. The lowest BCUT2D eigenvalue weighted by atomic mass is 9.98. The number of benzene rings is 2. The van der Waals surface area contributed by atoms with Crippen LogP contribution in [0.5, 0.6) is 5.75 Å². The van der Waals surface area contributed by atoms with E-state index in [4.69, 9.17) is 13.9 Å². The predicted octanol–water partition coefficient (Wildman–Crippen LogP) is 5.19. The first kappa shape index (κ1) is 23.1. The summed E-state index contributed by atoms with van der Waals surface area (Å²) in [7, 11) is 0. The lowest BCUT2D eigenvalue weighted by Crippen LogP contribution is -2.31. The minimum Gasteiger partial charge on any atom is -0.494 e. The zero-order chi connectivity index (χ0) is 23.4. The van der Waals surface area contributed by atoms with Crippen LogP contribution in [0.4, 0.5) is 0 Å². The van der Waals surface area contributed by atoms with Crippen molar-refractivity contribution in [2.75, 3.05) is 26.4 Å². The molecule has 0 saturated carbocycles. The Balaban J connectivity index is 1.74. The molecule has 1 amide bonds. The van der Waals surface area contributed by atoms with Crippen molar-refractivity contribution in [3.8, 4) is 5.75 Å². The van der Waals surface area contributed by atoms with Gasteiger partial charge in [0.1, 0.15) is 11.3 Å². The minimum atomic E-state index is -0.524. The van der Waals surface area contributed by atoms with Crippen molar-refractivity contribution in [3.05, 3.63) is 75.6 Å². The summed E-state index contributed by atoms with van der Waals surface area (Å²) < 4.78 is 17.4. The van der Waals surface area contributed by atoms with E-state index in [0.717, 1.165) is 17.7 Å². The third-order valence-corrected chi connectivity index (χ3v) is 5.90. The van der Waals surface area contributed by atoms with Gasteiger partial charge < -0.3 is 18.8 Å². The Labute approximate surface area is 194 Å². The Morgan fingerprint density at radius 1 is 1.06 bits per heavy atom. The van der Waals surface area contributed by atoms with Gasteiger partial charge in [0.25, 0.3) is 5.91 Å². The van der Waals surface area contributed by atoms with Gasteiger partial charge in [-0.1, -0.05) is 38.1 Å². The molecule has 6 heteroatoms. The van der Waals surface area contributed by atoms with E-state index >= 15 is 0 Å². The molecule has 2 aromatic carbocycles. The van der Waals surface area contributed by atoms with Crippen molar-refractivity contribution < 1.29 is 18.7 Å². The molecular formula is C27H31NO5. The molecule has 0 spiro atoms. The smallest absolute Gasteiger partial charge is 0.290 e. The van der Waals surface area contributed by atoms with E-state index in [-0.39, 0.29) is 17.1 Å². The molecule has 1 aliphatic rings. The van der Waals surface area contributed by atoms with Crippen LogP contribution < -0.4 is 10.2 Å². The predicted molar refractivity (Wildman–Crippen MR) is 128 cm³/mol. The van der Waals surface area contributed by atoms with Crippen LogP contribution >= 0.6 is 0 Å². The van der Waals surface area contributed by atoms with E-state index in [1.165, 1.54) is 0 Å². The van der Waals surface area contributed by atoms with Crippen molar-refractivity contribution in [2.45, 2.75) is 39.7 Å². The molecule has 1 aromatic heterocycles. The summed E-state index contributed by atoms with van der Waals surface area (Å²) in [5.74, 6) is 1.14. The Morgan fingerprint density at radius 2 is 1.88 bits per heavy atom. The van der Waals surface area contributed by atoms with Crippen LogP contribution in [0.3, 0.4) is 0 Å². The van der Waals surface area contributed by atoms with Gasteiger partial charge in [0.05, 0.1) is 23.6 Å². The highest BCUT2D eigenvalue weighted by Crippen LogP contribution is 2.39. The Hall–Kier alpha value is -3.12. The molecule has 0 aliphatic carbocycles. The number of nitrogens with zero attached hydrogens (tertiary/aromatic N) is 1. The number of carbonyl (C=O) groups is 1. The molecule has 0 N–H and O–H groups in total. The van der Waals surface area contributed by atoms with Crippen molar-refractivity contribution >= 4 is 16.9 Å². The highest BCUT2D eigenvalue weighted by Gasteiger charge is 2.42. The van der Waals surface area contributed by atoms with Crippen molar-refractivity contribution in [2.24, 2.45) is 5.92 Å². The van der Waals surface area contributed by atoms with Gasteiger partial charge in [0, 0.05) is 19.8 Å². The SMILES string of the molecule is CCOCCCN1C(=O)c2oc3ccccc3c(=O)c2C1c1cccc(OCCC(C)C)c1. The highest BCUT2D eigenvalue weighted by atomic mass is 16.5. The van der Waals surface area contributed by atoms with Crippen molar-refractivity contribution in [1.29, 1.82) is 0 Å². The summed E-state index contributed by atoms with van der Waals surface area (Å²) in [6.45, 7) is 8.51. The molecule has 2 heterocycles. The molecule has 33 heavy (non-hydrogen) atoms. The van der Waals surface area contributed by atoms with Crippen LogP contribution in [0.2, 0.25) is 0 Å². The molecule has 174 valence electrons. The van der Waals surface area contributed by atoms with E-state index < -0.39 is 6.04 Å². The van der Waals surface area contributed by atoms with E-state index in [2.05, 4.69) is 13.8 Å². The molecule has 4 rings (SSSR count). The molecular weight excluding hydrogens is 418 g/mol. The number of amides is 1. The van der Waals surface area contributed by atoms with Gasteiger partial charge in [-0.2, -0.15) is 0 Å². The fraction of sp³-hybridized carbons (Fsp3) is 0.407. The zero-order valence-corrected chi connectivity index (χ0v) is 19.5. The first-order valence-electron chi connectivity index (χ1n) is 11.7. The fourth-order valence-corrected chi connectivity index (χ4v) is 4.21. The summed E-state index contributed by atoms with van der Waals surface area (Å²) in [5, 5.41) is 0.481. The van der Waals surface area contributed by atoms with Crippen LogP contribution in [-0.4, -0.2) is 37.2 Å². The minimum absolute atomic E-state index is 0.131. The second-order valence-electron chi connectivity index (χ2n) is 8.73. The molecule has 0 bridgehead atoms. The molecule has 1 aliphatic heterocycles. The zero-order valence-electron chi connectivity index (χ0n) is 19.5. The molecule has 3 aromatic rings. The van der Waals surface area contributed by atoms with E-state index in [9.17, 15) is 9.59 Å². The number of hydrogen-bond donors (Lipinski definition) is 0. The maximum absolute atomic E-state index is 13.5. The van der Waals surface area contributed by atoms with Crippen molar-refractivity contribution in [3.63, 3.8) is 0 Å². The fourth-order valence-electron chi connectivity index (χ4n) is 4.21. The van der Waals surface area contributed by atoms with Gasteiger partial charge in [-0.15, -0.1) is 0 Å². The largest absolute Gasteiger partial charge is 0.494 e. The molecule has 0 saturated heterocycles. The number of carbonyl (C=O) groups excluding carboxylic acids is 1. The number of ether oxygens (including phenoxy) is 2. The van der Waals surface area contributed by atoms with Gasteiger partial charge in [-0.25, -0.2) is 0 Å². The van der Waals surface area contributed by atoms with Gasteiger partial charge >= 0.3 is 0 Å². The number of fused-ring (bicyclic) bond motifs is 2. The van der Waals surface area contributed by atoms with Gasteiger partial charge in [-0.05, 0) is 55.5 Å². The van der Waals surface area contributed by atoms with Crippen LogP contribution in [-0.2, 0) is 4.74 Å². The Kier molecular flexibility index (Phi) is 7.14. The average Bonchev–Trinajstić information content (AvgIpc) is 3.09. The normalized spacial score (nSPS) is 15.5. The van der Waals surface area contributed by atoms with E-state index in [1.54, 1.807) is 29.2 Å². The lowest BCUT2D eigenvalue weighted by Gasteiger charge is -2.25. The number of rotatable bonds is 10. The maximum atomic E-state index is 13.5. The van der Waals surface area contributed by atoms with Crippen molar-refractivity contribution in [1.82, 2.24) is 4.90 Å². The van der Waals surface area contributed by atoms with Crippen LogP contribution in [0.25, 0.3) is 11.0 Å². The topological polar surface area (TPSA) is 69.0 Å². The number of hydrogen-bond acceptors (Lipinski definition) is 5. The van der Waals surface area contributed by atoms with Gasteiger partial charge in [0.15, 0.2) is 5.43 Å². The van der Waals surface area contributed by atoms with Crippen LogP contribution in [0, 0.1) is 5.92 Å². The van der Waals surface area contributed by atoms with Gasteiger partial charge in [0.2, 0.25) is 5.76 Å². The summed E-state index contributed by atoms with van der Waals surface area (Å²) >= 11 is 0. The van der Waals surface area contributed by atoms with Gasteiger partial charge in [-0.3, -0.25) is 9.59 Å². The summed E-state index contributed by atoms with van der Waals surface area (Å²) in [6.07, 6.45) is 1.62. The first-order chi connectivity index (χ1) is 16.0. The van der Waals surface area contributed by atoms with E-state index in [1.807, 2.05) is 31.2 Å². The van der Waals surface area contributed by atoms with Crippen LogP contribution in [0.1, 0.15) is 61.3 Å². The number of para-hydroxylation sites is 1. The van der Waals surface area contributed by atoms with E-state index in [0.29, 0.717) is 55.2 Å².